The van der Waals surface area contributed by atoms with Crippen molar-refractivity contribution in [3.05, 3.63) is 11.9 Å². The van der Waals surface area contributed by atoms with Crippen LogP contribution >= 0.6 is 0 Å². The molecule has 2 heteroatoms. The first-order valence-corrected chi connectivity index (χ1v) is 4.28. The normalized spacial score (nSPS) is 41.8. The number of hydrogen-bond donors (Lipinski definition) is 0. The Labute approximate surface area is 66.9 Å². The molecule has 11 heavy (non-hydrogen) atoms. The summed E-state index contributed by atoms with van der Waals surface area (Å²) in [7, 11) is 0. The van der Waals surface area contributed by atoms with E-state index in [1.54, 1.807) is 0 Å². The fourth-order valence-electron chi connectivity index (χ4n) is 2.41. The highest BCUT2D eigenvalue weighted by Gasteiger charge is 2.42. The number of hydrogen-bond acceptors (Lipinski definition) is 1. The minimum atomic E-state index is 0.303. The lowest BCUT2D eigenvalue weighted by Gasteiger charge is -2.25. The predicted molar refractivity (Wildman–Crippen MR) is 43.0 cm³/mol. The van der Waals surface area contributed by atoms with Gasteiger partial charge in [-0.25, -0.2) is 4.39 Å². The molecule has 0 saturated carbocycles. The Morgan fingerprint density at radius 3 is 3.09 bits per heavy atom. The van der Waals surface area contributed by atoms with Gasteiger partial charge in [-0.3, -0.25) is 4.90 Å². The molecule has 2 heterocycles. The van der Waals surface area contributed by atoms with Crippen molar-refractivity contribution < 1.29 is 4.39 Å². The number of fused-ring (bicyclic) bond motifs is 1. The second-order valence-corrected chi connectivity index (χ2v) is 3.97. The molecule has 0 bridgehead atoms. The molecule has 1 unspecified atom stereocenters. The summed E-state index contributed by atoms with van der Waals surface area (Å²) in [5.41, 5.74) is 1.28. The molecular weight excluding hydrogens is 141 g/mol. The highest BCUT2D eigenvalue weighted by atomic mass is 19.1. The minimum absolute atomic E-state index is 0.303. The maximum atomic E-state index is 12.2. The molecule has 0 aromatic heterocycles. The van der Waals surface area contributed by atoms with E-state index in [0.717, 1.165) is 31.4 Å². The zero-order valence-corrected chi connectivity index (χ0v) is 6.94. The SMILES string of the molecule is CC12CCCN1C/C(=C\F)C2. The Hall–Kier alpha value is -0.370. The van der Waals surface area contributed by atoms with Crippen molar-refractivity contribution in [2.24, 2.45) is 0 Å². The van der Waals surface area contributed by atoms with Gasteiger partial charge >= 0.3 is 0 Å². The van der Waals surface area contributed by atoms with Crippen molar-refractivity contribution in [2.75, 3.05) is 13.1 Å². The Kier molecular flexibility index (Phi) is 1.53. The standard InChI is InChI=1S/C9H14FN/c1-9-3-2-4-11(9)7-8(5-9)6-10/h6H,2-5,7H2,1H3/b8-6-. The second kappa shape index (κ2) is 2.31. The highest BCUT2D eigenvalue weighted by molar-refractivity contribution is 5.17. The first-order valence-electron chi connectivity index (χ1n) is 4.28. The molecule has 0 aromatic carbocycles. The summed E-state index contributed by atoms with van der Waals surface area (Å²) in [5.74, 6) is 0. The summed E-state index contributed by atoms with van der Waals surface area (Å²) in [6.07, 6.45) is 4.27. The quantitative estimate of drug-likeness (QED) is 0.518. The average Bonchev–Trinajstić information content (AvgIpc) is 2.42. The van der Waals surface area contributed by atoms with E-state index in [2.05, 4.69) is 11.8 Å². The van der Waals surface area contributed by atoms with E-state index in [0.29, 0.717) is 5.54 Å². The first-order chi connectivity index (χ1) is 5.24. The van der Waals surface area contributed by atoms with Crippen LogP contribution in [-0.4, -0.2) is 23.5 Å². The van der Waals surface area contributed by atoms with Crippen molar-refractivity contribution in [1.82, 2.24) is 4.90 Å². The molecule has 0 aliphatic carbocycles. The summed E-state index contributed by atoms with van der Waals surface area (Å²) < 4.78 is 12.2. The lowest BCUT2D eigenvalue weighted by molar-refractivity contribution is 0.218. The monoisotopic (exact) mass is 155 g/mol. The van der Waals surface area contributed by atoms with Crippen LogP contribution in [0, 0.1) is 0 Å². The van der Waals surface area contributed by atoms with E-state index in [9.17, 15) is 4.39 Å². The molecule has 0 aromatic rings. The van der Waals surface area contributed by atoms with Crippen molar-refractivity contribution in [1.29, 1.82) is 0 Å². The van der Waals surface area contributed by atoms with Gasteiger partial charge < -0.3 is 0 Å². The topological polar surface area (TPSA) is 3.24 Å². The molecule has 2 fully saturated rings. The molecule has 1 nitrogen and oxygen atoms in total. The lowest BCUT2D eigenvalue weighted by atomic mass is 9.96. The summed E-state index contributed by atoms with van der Waals surface area (Å²) >= 11 is 0. The van der Waals surface area contributed by atoms with Crippen LogP contribution in [-0.2, 0) is 0 Å². The Morgan fingerprint density at radius 1 is 1.64 bits per heavy atom. The van der Waals surface area contributed by atoms with Gasteiger partial charge in [0.15, 0.2) is 0 Å². The van der Waals surface area contributed by atoms with Crippen LogP contribution in [0.4, 0.5) is 4.39 Å². The number of halogens is 1. The van der Waals surface area contributed by atoms with Gasteiger partial charge in [0.25, 0.3) is 0 Å². The van der Waals surface area contributed by atoms with Crippen LogP contribution in [0.3, 0.4) is 0 Å². The molecule has 2 aliphatic rings. The van der Waals surface area contributed by atoms with Crippen LogP contribution < -0.4 is 0 Å². The van der Waals surface area contributed by atoms with Gasteiger partial charge in [0.2, 0.25) is 0 Å². The second-order valence-electron chi connectivity index (χ2n) is 3.97. The van der Waals surface area contributed by atoms with Gasteiger partial charge in [-0.05, 0) is 38.3 Å². The van der Waals surface area contributed by atoms with E-state index in [-0.39, 0.29) is 0 Å². The molecule has 0 N–H and O–H groups in total. The zero-order chi connectivity index (χ0) is 7.90. The van der Waals surface area contributed by atoms with Crippen LogP contribution in [0.2, 0.25) is 0 Å². The van der Waals surface area contributed by atoms with E-state index < -0.39 is 0 Å². The van der Waals surface area contributed by atoms with Crippen LogP contribution in [0.15, 0.2) is 11.9 Å². The third kappa shape index (κ3) is 1.00. The van der Waals surface area contributed by atoms with Gasteiger partial charge in [0.05, 0.1) is 6.33 Å². The van der Waals surface area contributed by atoms with Gasteiger partial charge in [0, 0.05) is 12.1 Å². The van der Waals surface area contributed by atoms with Gasteiger partial charge in [0.1, 0.15) is 0 Å². The third-order valence-corrected chi connectivity index (χ3v) is 3.06. The Balaban J connectivity index is 2.19. The van der Waals surface area contributed by atoms with Crippen molar-refractivity contribution >= 4 is 0 Å². The summed E-state index contributed by atoms with van der Waals surface area (Å²) in [5, 5.41) is 0. The van der Waals surface area contributed by atoms with E-state index in [1.807, 2.05) is 0 Å². The number of rotatable bonds is 0. The first kappa shape index (κ1) is 7.29. The average molecular weight is 155 g/mol. The molecule has 2 aliphatic heterocycles. The molecular formula is C9H14FN. The summed E-state index contributed by atoms with van der Waals surface area (Å²) in [6.45, 7) is 4.28. The molecule has 0 radical (unpaired) electrons. The predicted octanol–water partition coefficient (Wildman–Crippen LogP) is 2.10. The maximum absolute atomic E-state index is 12.2. The minimum Gasteiger partial charge on any atom is -0.294 e. The molecule has 1 atom stereocenters. The Morgan fingerprint density at radius 2 is 2.45 bits per heavy atom. The van der Waals surface area contributed by atoms with Crippen molar-refractivity contribution in [2.45, 2.75) is 31.7 Å². The maximum Gasteiger partial charge on any atom is 0.0872 e. The summed E-state index contributed by atoms with van der Waals surface area (Å²) in [4.78, 5) is 2.40. The lowest BCUT2D eigenvalue weighted by Crippen LogP contribution is -2.34. The van der Waals surface area contributed by atoms with Gasteiger partial charge in [-0.1, -0.05) is 0 Å². The van der Waals surface area contributed by atoms with Gasteiger partial charge in [-0.2, -0.15) is 0 Å². The molecule has 2 rings (SSSR count). The van der Waals surface area contributed by atoms with Crippen molar-refractivity contribution in [3.8, 4) is 0 Å². The van der Waals surface area contributed by atoms with E-state index >= 15 is 0 Å². The highest BCUT2D eigenvalue weighted by Crippen LogP contribution is 2.40. The number of nitrogens with zero attached hydrogens (tertiary/aromatic N) is 1. The van der Waals surface area contributed by atoms with Crippen LogP contribution in [0.25, 0.3) is 0 Å². The molecule has 0 spiro atoms. The van der Waals surface area contributed by atoms with Crippen LogP contribution in [0.5, 0.6) is 0 Å². The molecule has 0 amide bonds. The summed E-state index contributed by atoms with van der Waals surface area (Å²) in [6, 6.07) is 0. The smallest absolute Gasteiger partial charge is 0.0872 e. The largest absolute Gasteiger partial charge is 0.294 e. The molecule has 62 valence electrons. The zero-order valence-electron chi connectivity index (χ0n) is 6.94. The van der Waals surface area contributed by atoms with Gasteiger partial charge in [-0.15, -0.1) is 0 Å². The van der Waals surface area contributed by atoms with E-state index in [4.69, 9.17) is 0 Å². The fraction of sp³-hybridized carbons (Fsp3) is 0.778. The van der Waals surface area contributed by atoms with Crippen LogP contribution in [0.1, 0.15) is 26.2 Å². The van der Waals surface area contributed by atoms with Crippen molar-refractivity contribution in [3.63, 3.8) is 0 Å². The fourth-order valence-corrected chi connectivity index (χ4v) is 2.41. The Bertz CT molecular complexity index is 200. The van der Waals surface area contributed by atoms with E-state index in [1.165, 1.54) is 12.8 Å². The molecule has 2 saturated heterocycles. The third-order valence-electron chi connectivity index (χ3n) is 3.06.